The van der Waals surface area contributed by atoms with Crippen LogP contribution in [-0.4, -0.2) is 16.2 Å². The van der Waals surface area contributed by atoms with E-state index in [0.717, 1.165) is 82.7 Å². The number of aliphatic imine (C=N–C) groups is 2. The summed E-state index contributed by atoms with van der Waals surface area (Å²) < 4.78 is 17.8. The van der Waals surface area contributed by atoms with Gasteiger partial charge in [-0.15, -0.1) is 11.3 Å². The molecule has 1 aliphatic rings. The zero-order valence-electron chi connectivity index (χ0n) is 35.1. The van der Waals surface area contributed by atoms with Crippen LogP contribution in [0.4, 0.5) is 0 Å². The highest BCUT2D eigenvalue weighted by atomic mass is 32.1. The van der Waals surface area contributed by atoms with E-state index in [-0.39, 0.29) is 0 Å². The van der Waals surface area contributed by atoms with Crippen LogP contribution in [0.15, 0.2) is 213 Å². The fourth-order valence-corrected chi connectivity index (χ4v) is 11.9. The van der Waals surface area contributed by atoms with E-state index in [1.54, 1.807) is 11.3 Å². The maximum atomic E-state index is 6.49. The van der Waals surface area contributed by atoms with E-state index in [1.165, 1.54) is 47.1 Å². The second-order valence-electron chi connectivity index (χ2n) is 17.2. The Morgan fingerprint density at radius 1 is 0.455 bits per heavy atom. The van der Waals surface area contributed by atoms with E-state index in [4.69, 9.17) is 18.8 Å². The molecule has 0 fully saturated rings. The summed E-state index contributed by atoms with van der Waals surface area (Å²) in [6, 6.07) is 69.0. The number of furan rings is 2. The molecule has 7 heteroatoms. The minimum absolute atomic E-state index is 0.537. The molecular weight excluding hydrogens is 829 g/mol. The third kappa shape index (κ3) is 5.06. The molecule has 1 unspecified atom stereocenters. The first-order valence-corrected chi connectivity index (χ1v) is 23.1. The number of benzene rings is 10. The smallest absolute Gasteiger partial charge is 0.162 e. The van der Waals surface area contributed by atoms with Crippen LogP contribution in [0.1, 0.15) is 22.9 Å². The molecule has 0 aliphatic carbocycles. The maximum absolute atomic E-state index is 6.49. The zero-order chi connectivity index (χ0) is 43.0. The summed E-state index contributed by atoms with van der Waals surface area (Å²) in [5.74, 6) is 1.36. The fourth-order valence-electron chi connectivity index (χ4n) is 10.8. The Morgan fingerprint density at radius 3 is 1.92 bits per heavy atom. The average molecular weight is 863 g/mol. The lowest BCUT2D eigenvalue weighted by atomic mass is 9.99. The van der Waals surface area contributed by atoms with Gasteiger partial charge in [-0.25, -0.2) is 9.98 Å². The Balaban J connectivity index is 1.10. The number of fused-ring (bicyclic) bond motifs is 15. The van der Waals surface area contributed by atoms with E-state index in [9.17, 15) is 0 Å². The van der Waals surface area contributed by atoms with Crippen molar-refractivity contribution in [1.29, 1.82) is 0 Å². The molecular formula is C59H34N4O2S. The SMILES string of the molecule is c1ccc2cc3c(cc2c1)c1c2ccccc2ccc1n3-c1ccc2sc3ccccc3c2c1C1=NC(c2cccc3oc4ccccc4c23)NC(c2cccc3oc4ccccc4c23)=N1. The zero-order valence-corrected chi connectivity index (χ0v) is 35.9. The van der Waals surface area contributed by atoms with Crippen molar-refractivity contribution in [2.24, 2.45) is 9.98 Å². The molecule has 10 aromatic carbocycles. The van der Waals surface area contributed by atoms with Gasteiger partial charge in [-0.05, 0) is 82.2 Å². The van der Waals surface area contributed by atoms with Crippen molar-refractivity contribution in [1.82, 2.24) is 9.88 Å². The molecule has 66 heavy (non-hydrogen) atoms. The molecule has 1 N–H and O–H groups in total. The molecule has 0 saturated carbocycles. The number of hydrogen-bond donors (Lipinski definition) is 1. The number of nitrogens with one attached hydrogen (secondary N) is 1. The monoisotopic (exact) mass is 862 g/mol. The van der Waals surface area contributed by atoms with Crippen molar-refractivity contribution in [2.45, 2.75) is 6.17 Å². The molecule has 6 nitrogen and oxygen atoms in total. The molecule has 0 spiro atoms. The standard InChI is InChI=1S/C59H34N4O2S/c1-2-15-35-32-45-42(31-34(35)14-1)52-36-16-4-3-13-33(36)27-28-43(52)63(45)44-29-30-51-55(39-19-7-10-26-50(39)66-51)56(44)59-61-57(40-20-11-24-48-53(40)37-17-5-8-22-46(37)64-48)60-58(62-59)41-21-12-25-49-54(41)38-18-6-9-23-47(38)65-49/h1-32,57H,(H,60,61,62). The van der Waals surface area contributed by atoms with Crippen LogP contribution in [0.2, 0.25) is 0 Å². The lowest BCUT2D eigenvalue weighted by Gasteiger charge is -2.26. The molecule has 4 aromatic heterocycles. The topological polar surface area (TPSA) is 68.0 Å². The molecule has 15 rings (SSSR count). The van der Waals surface area contributed by atoms with Crippen LogP contribution in [0.5, 0.6) is 0 Å². The molecule has 0 amide bonds. The van der Waals surface area contributed by atoms with Crippen molar-refractivity contribution in [3.8, 4) is 5.69 Å². The highest BCUT2D eigenvalue weighted by molar-refractivity contribution is 7.25. The summed E-state index contributed by atoms with van der Waals surface area (Å²) >= 11 is 1.81. The van der Waals surface area contributed by atoms with Crippen molar-refractivity contribution in [3.63, 3.8) is 0 Å². The van der Waals surface area contributed by atoms with Crippen LogP contribution in [0.25, 0.3) is 113 Å². The summed E-state index contributed by atoms with van der Waals surface area (Å²) in [5.41, 5.74) is 9.47. The van der Waals surface area contributed by atoms with Gasteiger partial charge in [0.1, 0.15) is 34.3 Å². The molecule has 308 valence electrons. The minimum atomic E-state index is -0.537. The van der Waals surface area contributed by atoms with Crippen LogP contribution >= 0.6 is 11.3 Å². The van der Waals surface area contributed by atoms with Crippen LogP contribution in [-0.2, 0) is 0 Å². The molecule has 0 bridgehead atoms. The van der Waals surface area contributed by atoms with Gasteiger partial charge in [0.15, 0.2) is 5.84 Å². The van der Waals surface area contributed by atoms with Gasteiger partial charge in [0.05, 0.1) is 22.3 Å². The first-order valence-electron chi connectivity index (χ1n) is 22.3. The first-order chi connectivity index (χ1) is 32.7. The van der Waals surface area contributed by atoms with Crippen LogP contribution < -0.4 is 5.32 Å². The lowest BCUT2D eigenvalue weighted by molar-refractivity contribution is 0.662. The Morgan fingerprint density at radius 2 is 1.11 bits per heavy atom. The summed E-state index contributed by atoms with van der Waals surface area (Å²) in [6.07, 6.45) is -0.537. The van der Waals surface area contributed by atoms with Crippen molar-refractivity contribution in [3.05, 3.63) is 211 Å². The Labute approximate surface area is 379 Å². The third-order valence-electron chi connectivity index (χ3n) is 13.6. The Hall–Kier alpha value is -8.52. The highest BCUT2D eigenvalue weighted by Gasteiger charge is 2.30. The number of aromatic nitrogens is 1. The van der Waals surface area contributed by atoms with Gasteiger partial charge in [-0.1, -0.05) is 133 Å². The molecule has 1 atom stereocenters. The average Bonchev–Trinajstić information content (AvgIpc) is 4.14. The number of amidine groups is 2. The molecule has 14 aromatic rings. The second kappa shape index (κ2) is 13.5. The second-order valence-corrected chi connectivity index (χ2v) is 18.3. The predicted octanol–water partition coefficient (Wildman–Crippen LogP) is 15.8. The maximum Gasteiger partial charge on any atom is 0.162 e. The number of hydrogen-bond acceptors (Lipinski definition) is 6. The van der Waals surface area contributed by atoms with Gasteiger partial charge in [-0.3, -0.25) is 0 Å². The minimum Gasteiger partial charge on any atom is -0.456 e. The third-order valence-corrected chi connectivity index (χ3v) is 14.8. The van der Waals surface area contributed by atoms with E-state index >= 15 is 0 Å². The molecule has 0 radical (unpaired) electrons. The lowest BCUT2D eigenvalue weighted by Crippen LogP contribution is -2.34. The predicted molar refractivity (Wildman–Crippen MR) is 275 cm³/mol. The van der Waals surface area contributed by atoms with Gasteiger partial charge in [0.2, 0.25) is 0 Å². The summed E-state index contributed by atoms with van der Waals surface area (Å²) in [6.45, 7) is 0. The van der Waals surface area contributed by atoms with E-state index in [1.807, 2.05) is 36.4 Å². The van der Waals surface area contributed by atoms with Crippen LogP contribution in [0, 0.1) is 0 Å². The Kier molecular flexibility index (Phi) is 7.34. The van der Waals surface area contributed by atoms with E-state index in [0.29, 0.717) is 11.7 Å². The summed E-state index contributed by atoms with van der Waals surface area (Å²) in [4.78, 5) is 11.5. The summed E-state index contributed by atoms with van der Waals surface area (Å²) in [7, 11) is 0. The quantitative estimate of drug-likeness (QED) is 0.192. The molecule has 1 aliphatic heterocycles. The molecule has 0 saturated heterocycles. The number of nitrogens with zero attached hydrogens (tertiary/aromatic N) is 3. The van der Waals surface area contributed by atoms with Crippen molar-refractivity contribution in [2.75, 3.05) is 0 Å². The number of rotatable bonds is 4. The van der Waals surface area contributed by atoms with E-state index < -0.39 is 6.17 Å². The van der Waals surface area contributed by atoms with Crippen molar-refractivity contribution < 1.29 is 8.83 Å². The molecule has 5 heterocycles. The van der Waals surface area contributed by atoms with Gasteiger partial charge in [0.25, 0.3) is 0 Å². The number of para-hydroxylation sites is 2. The van der Waals surface area contributed by atoms with Gasteiger partial charge < -0.3 is 18.7 Å². The highest BCUT2D eigenvalue weighted by Crippen LogP contribution is 2.45. The number of thiophene rings is 1. The van der Waals surface area contributed by atoms with Crippen molar-refractivity contribution >= 4 is 130 Å². The van der Waals surface area contributed by atoms with Gasteiger partial charge >= 0.3 is 0 Å². The summed E-state index contributed by atoms with van der Waals surface area (Å²) in [5, 5.41) is 17.5. The normalized spacial score (nSPS) is 14.5. The van der Waals surface area contributed by atoms with Gasteiger partial charge in [-0.2, -0.15) is 0 Å². The fraction of sp³-hybridized carbons (Fsp3) is 0.0169. The Bertz CT molecular complexity index is 4470. The largest absolute Gasteiger partial charge is 0.456 e. The van der Waals surface area contributed by atoms with Crippen LogP contribution in [0.3, 0.4) is 0 Å². The first kappa shape index (κ1) is 35.9. The van der Waals surface area contributed by atoms with E-state index in [2.05, 4.69) is 168 Å². The van der Waals surface area contributed by atoms with Gasteiger partial charge in [0, 0.05) is 63.6 Å².